The Balaban J connectivity index is 0.00000323. The Morgan fingerprint density at radius 1 is 0.975 bits per heavy atom. The first-order valence-electron chi connectivity index (χ1n) is 12.7. The first-order valence-corrected chi connectivity index (χ1v) is 12.7. The van der Waals surface area contributed by atoms with Crippen LogP contribution in [0.15, 0.2) is 60.7 Å². The molecule has 0 aliphatic carbocycles. The first-order chi connectivity index (χ1) is 19.0. The number of carbonyl (C=O) groups is 2. The number of ether oxygens (including phenoxy) is 3. The average Bonchev–Trinajstić information content (AvgIpc) is 3.52. The fourth-order valence-corrected chi connectivity index (χ4v) is 5.40. The van der Waals surface area contributed by atoms with Gasteiger partial charge in [0.2, 0.25) is 0 Å². The predicted octanol–water partition coefficient (Wildman–Crippen LogP) is 0.824. The molecule has 0 atom stereocenters. The second-order valence-electron chi connectivity index (χ2n) is 9.71. The number of Topliss-reactive ketones (excluding diaryl/α,β-unsaturated/α-hetero) is 1. The summed E-state index contributed by atoms with van der Waals surface area (Å²) in [5.74, 6) is 1.90. The van der Waals surface area contributed by atoms with Crippen LogP contribution in [-0.2, 0) is 0 Å². The van der Waals surface area contributed by atoms with Gasteiger partial charge in [0.05, 0.1) is 31.8 Å². The molecule has 0 bridgehead atoms. The number of ketones is 1. The van der Waals surface area contributed by atoms with Crippen molar-refractivity contribution in [1.29, 1.82) is 0 Å². The SMILES string of the molecule is COc1cc(C(=O)N2CCC3(CC2)CC(=O)c2cc(-c4nnn[n-]4)ccc2O3)cc(OC)c1-c1ccccc1.[Na+]. The van der Waals surface area contributed by atoms with E-state index in [4.69, 9.17) is 14.2 Å². The van der Waals surface area contributed by atoms with Crippen LogP contribution in [0.5, 0.6) is 17.2 Å². The van der Waals surface area contributed by atoms with Gasteiger partial charge in [-0.05, 0) is 35.4 Å². The summed E-state index contributed by atoms with van der Waals surface area (Å²) < 4.78 is 17.7. The Labute approximate surface area is 253 Å². The van der Waals surface area contributed by atoms with Crippen molar-refractivity contribution in [1.82, 2.24) is 25.5 Å². The van der Waals surface area contributed by atoms with Crippen LogP contribution < -0.4 is 48.9 Å². The molecule has 0 radical (unpaired) electrons. The fraction of sp³-hybridized carbons (Fsp3) is 0.276. The van der Waals surface area contributed by atoms with Gasteiger partial charge in [0.15, 0.2) is 5.78 Å². The number of fused-ring (bicyclic) bond motifs is 1. The monoisotopic (exact) mass is 547 g/mol. The zero-order valence-corrected chi connectivity index (χ0v) is 24.6. The normalized spacial score (nSPS) is 15.6. The number of rotatable bonds is 5. The summed E-state index contributed by atoms with van der Waals surface area (Å²) in [5, 5.41) is 14.7. The van der Waals surface area contributed by atoms with E-state index in [2.05, 4.69) is 20.6 Å². The van der Waals surface area contributed by atoms with E-state index in [-0.39, 0.29) is 47.7 Å². The smallest absolute Gasteiger partial charge is 0.496 e. The largest absolute Gasteiger partial charge is 1.00 e. The van der Waals surface area contributed by atoms with Crippen LogP contribution in [-0.4, -0.2) is 65.0 Å². The van der Waals surface area contributed by atoms with E-state index in [1.54, 1.807) is 49.5 Å². The number of tetrazole rings is 1. The van der Waals surface area contributed by atoms with E-state index < -0.39 is 5.60 Å². The van der Waals surface area contributed by atoms with Gasteiger partial charge >= 0.3 is 29.6 Å². The third-order valence-electron chi connectivity index (χ3n) is 7.44. The number of nitrogens with zero attached hydrogens (tertiary/aromatic N) is 5. The maximum absolute atomic E-state index is 13.6. The van der Waals surface area contributed by atoms with E-state index in [1.165, 1.54) is 0 Å². The first kappa shape index (κ1) is 27.8. The predicted molar refractivity (Wildman–Crippen MR) is 141 cm³/mol. The van der Waals surface area contributed by atoms with Crippen molar-refractivity contribution in [2.75, 3.05) is 27.3 Å². The molecule has 11 heteroatoms. The Morgan fingerprint density at radius 3 is 2.30 bits per heavy atom. The molecule has 1 fully saturated rings. The maximum Gasteiger partial charge on any atom is 1.00 e. The second kappa shape index (κ2) is 11.4. The zero-order chi connectivity index (χ0) is 27.0. The number of benzene rings is 3. The fourth-order valence-electron chi connectivity index (χ4n) is 5.40. The third-order valence-corrected chi connectivity index (χ3v) is 7.44. The molecule has 6 rings (SSSR count). The number of hydrogen-bond acceptors (Lipinski definition) is 8. The van der Waals surface area contributed by atoms with Gasteiger partial charge in [-0.15, -0.1) is 0 Å². The van der Waals surface area contributed by atoms with Crippen molar-refractivity contribution >= 4 is 11.7 Å². The van der Waals surface area contributed by atoms with Crippen molar-refractivity contribution in [3.63, 3.8) is 0 Å². The van der Waals surface area contributed by atoms with Crippen LogP contribution >= 0.6 is 0 Å². The number of carbonyl (C=O) groups excluding carboxylic acids is 2. The summed E-state index contributed by atoms with van der Waals surface area (Å²) in [7, 11) is 3.16. The van der Waals surface area contributed by atoms with Crippen LogP contribution in [0, 0.1) is 0 Å². The molecule has 3 heterocycles. The van der Waals surface area contributed by atoms with Gasteiger partial charge in [-0.1, -0.05) is 36.4 Å². The zero-order valence-electron chi connectivity index (χ0n) is 22.6. The van der Waals surface area contributed by atoms with E-state index in [9.17, 15) is 9.59 Å². The Hall–Kier alpha value is -3.73. The molecule has 1 amide bonds. The molecule has 0 saturated carbocycles. The third kappa shape index (κ3) is 5.10. The quantitative estimate of drug-likeness (QED) is 0.335. The Bertz CT molecular complexity index is 1510. The van der Waals surface area contributed by atoms with E-state index >= 15 is 0 Å². The maximum atomic E-state index is 13.6. The van der Waals surface area contributed by atoms with Gasteiger partial charge in [0.25, 0.3) is 5.91 Å². The molecular formula is C29H26N5NaO5. The molecular weight excluding hydrogens is 521 g/mol. The topological polar surface area (TPSA) is 118 Å². The summed E-state index contributed by atoms with van der Waals surface area (Å²) in [6.45, 7) is 0.923. The summed E-state index contributed by atoms with van der Waals surface area (Å²) in [4.78, 5) is 28.5. The van der Waals surface area contributed by atoms with Crippen molar-refractivity contribution in [2.45, 2.75) is 24.9 Å². The summed E-state index contributed by atoms with van der Waals surface area (Å²) in [6.07, 6.45) is 1.33. The van der Waals surface area contributed by atoms with Crippen molar-refractivity contribution < 1.29 is 53.4 Å². The van der Waals surface area contributed by atoms with Gasteiger partial charge in [-0.2, -0.15) is 5.21 Å². The van der Waals surface area contributed by atoms with Crippen LogP contribution in [0.2, 0.25) is 0 Å². The van der Waals surface area contributed by atoms with Gasteiger partial charge in [-0.3, -0.25) is 19.9 Å². The molecule has 4 aromatic rings. The number of piperidine rings is 1. The van der Waals surface area contributed by atoms with Gasteiger partial charge in [0.1, 0.15) is 22.8 Å². The molecule has 198 valence electrons. The molecule has 3 aromatic carbocycles. The molecule has 1 spiro atoms. The number of hydrogen-bond donors (Lipinski definition) is 0. The minimum Gasteiger partial charge on any atom is -0.496 e. The molecule has 10 nitrogen and oxygen atoms in total. The number of amides is 1. The summed E-state index contributed by atoms with van der Waals surface area (Å²) in [6, 6.07) is 18.6. The van der Waals surface area contributed by atoms with Crippen molar-refractivity contribution in [3.8, 4) is 39.8 Å². The molecule has 40 heavy (non-hydrogen) atoms. The standard InChI is InChI=1S/C29H26N5O5.Na/c1-37-24-15-20(16-25(38-2)26(24)18-6-4-3-5-7-18)28(36)34-12-10-29(11-13-34)17-22(35)21-14-19(8-9-23(21)39-29)27-30-32-33-31-27;/h3-9,14-16H,10-13,17H2,1-2H3;/q-1;+1. The Morgan fingerprint density at radius 2 is 1.68 bits per heavy atom. The van der Waals surface area contributed by atoms with Crippen molar-refractivity contribution in [3.05, 3.63) is 71.8 Å². The molecule has 0 N–H and O–H groups in total. The van der Waals surface area contributed by atoms with E-state index in [0.29, 0.717) is 65.7 Å². The van der Waals surface area contributed by atoms with E-state index in [0.717, 1.165) is 11.1 Å². The summed E-state index contributed by atoms with van der Waals surface area (Å²) >= 11 is 0. The number of aromatic nitrogens is 4. The van der Waals surface area contributed by atoms with Crippen molar-refractivity contribution in [2.24, 2.45) is 0 Å². The Kier molecular flexibility index (Phi) is 7.93. The van der Waals surface area contributed by atoms with Gasteiger partial charge in [0, 0.05) is 37.3 Å². The summed E-state index contributed by atoms with van der Waals surface area (Å²) in [5.41, 5.74) is 2.73. The van der Waals surface area contributed by atoms with Crippen LogP contribution in [0.4, 0.5) is 0 Å². The van der Waals surface area contributed by atoms with Crippen LogP contribution in [0.25, 0.3) is 22.5 Å². The molecule has 1 aromatic heterocycles. The number of likely N-dealkylation sites (tertiary alicyclic amines) is 1. The van der Waals surface area contributed by atoms with E-state index in [1.807, 2.05) is 30.3 Å². The molecule has 1 saturated heterocycles. The molecule has 2 aliphatic heterocycles. The molecule has 0 unspecified atom stereocenters. The average molecular weight is 548 g/mol. The van der Waals surface area contributed by atoms with Crippen LogP contribution in [0.1, 0.15) is 40.0 Å². The minimum absolute atomic E-state index is 0. The minimum atomic E-state index is -0.644. The van der Waals surface area contributed by atoms with Gasteiger partial charge in [-0.25, -0.2) is 0 Å². The van der Waals surface area contributed by atoms with Gasteiger partial charge < -0.3 is 24.2 Å². The number of methoxy groups -OCH3 is 2. The second-order valence-corrected chi connectivity index (χ2v) is 9.71. The van der Waals surface area contributed by atoms with Crippen LogP contribution in [0.3, 0.4) is 0 Å². The molecule has 2 aliphatic rings.